The predicted octanol–water partition coefficient (Wildman–Crippen LogP) is 4.79. The van der Waals surface area contributed by atoms with E-state index in [1.54, 1.807) is 30.3 Å². The maximum atomic E-state index is 12.9. The summed E-state index contributed by atoms with van der Waals surface area (Å²) in [6.45, 7) is 2.50. The topological polar surface area (TPSA) is 71.5 Å². The van der Waals surface area contributed by atoms with Gasteiger partial charge in [-0.1, -0.05) is 23.9 Å². The summed E-state index contributed by atoms with van der Waals surface area (Å²) in [7, 11) is 1.63. The molecule has 0 radical (unpaired) electrons. The van der Waals surface area contributed by atoms with Crippen molar-refractivity contribution in [2.45, 2.75) is 29.7 Å². The Morgan fingerprint density at radius 3 is 2.71 bits per heavy atom. The van der Waals surface area contributed by atoms with Crippen LogP contribution in [0.1, 0.15) is 29.3 Å². The SMILES string of the molecule is CCN1C(=O)c2cccnc2Sc2cc(NC(=O)CCc3ccc(OC)cc3)ccc21. The van der Waals surface area contributed by atoms with Gasteiger partial charge in [0.15, 0.2) is 0 Å². The molecule has 158 valence electrons. The number of aryl methyl sites for hydroxylation is 1. The van der Waals surface area contributed by atoms with Gasteiger partial charge in [0.2, 0.25) is 5.91 Å². The molecule has 0 atom stereocenters. The van der Waals surface area contributed by atoms with Gasteiger partial charge >= 0.3 is 0 Å². The van der Waals surface area contributed by atoms with Gasteiger partial charge in [-0.3, -0.25) is 9.59 Å². The quantitative estimate of drug-likeness (QED) is 0.605. The summed E-state index contributed by atoms with van der Waals surface area (Å²) >= 11 is 1.44. The minimum atomic E-state index is -0.0619. The number of fused-ring (bicyclic) bond motifs is 2. The fourth-order valence-electron chi connectivity index (χ4n) is 3.48. The van der Waals surface area contributed by atoms with E-state index in [1.165, 1.54) is 11.8 Å². The standard InChI is InChI=1S/C24H23N3O3S/c1-3-27-20-12-9-17(15-21(20)31-23-19(24(27)29)5-4-14-25-23)26-22(28)13-8-16-6-10-18(30-2)11-7-16/h4-7,9-12,14-15H,3,8,13H2,1-2H3,(H,26,28). The van der Waals surface area contributed by atoms with Crippen molar-refractivity contribution in [3.63, 3.8) is 0 Å². The summed E-state index contributed by atoms with van der Waals surface area (Å²) in [5, 5.41) is 3.65. The summed E-state index contributed by atoms with van der Waals surface area (Å²) in [5.74, 6) is 0.677. The van der Waals surface area contributed by atoms with Gasteiger partial charge in [0.1, 0.15) is 10.8 Å². The third-order valence-corrected chi connectivity index (χ3v) is 6.17. The molecule has 0 spiro atoms. The fraction of sp³-hybridized carbons (Fsp3) is 0.208. The molecule has 4 rings (SSSR count). The number of hydrogen-bond donors (Lipinski definition) is 1. The number of rotatable bonds is 6. The van der Waals surface area contributed by atoms with Gasteiger partial charge in [-0.25, -0.2) is 4.98 Å². The van der Waals surface area contributed by atoms with Crippen molar-refractivity contribution in [1.29, 1.82) is 0 Å². The van der Waals surface area contributed by atoms with Crippen LogP contribution in [0.5, 0.6) is 5.75 Å². The monoisotopic (exact) mass is 433 g/mol. The lowest BCUT2D eigenvalue weighted by molar-refractivity contribution is -0.116. The van der Waals surface area contributed by atoms with Crippen LogP contribution < -0.4 is 15.0 Å². The van der Waals surface area contributed by atoms with Crippen LogP contribution in [-0.2, 0) is 11.2 Å². The molecule has 0 bridgehead atoms. The number of nitrogens with zero attached hydrogens (tertiary/aromatic N) is 2. The van der Waals surface area contributed by atoms with Crippen LogP contribution in [0.3, 0.4) is 0 Å². The van der Waals surface area contributed by atoms with E-state index in [2.05, 4.69) is 10.3 Å². The molecular formula is C24H23N3O3S. The van der Waals surface area contributed by atoms with Gasteiger partial charge in [0.05, 0.1) is 18.4 Å². The third kappa shape index (κ3) is 4.56. The number of nitrogens with one attached hydrogen (secondary N) is 1. The number of carbonyl (C=O) groups is 2. The molecule has 2 aromatic carbocycles. The number of pyridine rings is 1. The number of carbonyl (C=O) groups excluding carboxylic acids is 2. The summed E-state index contributed by atoms with van der Waals surface area (Å²) in [6.07, 6.45) is 2.70. The Labute approximate surface area is 185 Å². The van der Waals surface area contributed by atoms with E-state index in [4.69, 9.17) is 4.74 Å². The summed E-state index contributed by atoms with van der Waals surface area (Å²) < 4.78 is 5.16. The first-order valence-electron chi connectivity index (χ1n) is 10.1. The molecule has 1 aliphatic rings. The molecule has 0 fully saturated rings. The Kier molecular flexibility index (Phi) is 6.23. The second kappa shape index (κ2) is 9.22. The number of hydrogen-bond acceptors (Lipinski definition) is 5. The van der Waals surface area contributed by atoms with Crippen molar-refractivity contribution >= 4 is 35.0 Å². The van der Waals surface area contributed by atoms with Gasteiger partial charge in [0, 0.05) is 29.7 Å². The van der Waals surface area contributed by atoms with E-state index >= 15 is 0 Å². The zero-order valence-corrected chi connectivity index (χ0v) is 18.2. The van der Waals surface area contributed by atoms with Crippen molar-refractivity contribution in [3.05, 3.63) is 71.9 Å². The number of amides is 2. The Bertz CT molecular complexity index is 1120. The largest absolute Gasteiger partial charge is 0.497 e. The summed E-state index contributed by atoms with van der Waals surface area (Å²) in [4.78, 5) is 32.5. The highest BCUT2D eigenvalue weighted by Crippen LogP contribution is 2.41. The Balaban J connectivity index is 1.49. The number of aromatic nitrogens is 1. The lowest BCUT2D eigenvalue weighted by Gasteiger charge is -2.21. The van der Waals surface area contributed by atoms with Gasteiger partial charge in [-0.05, 0) is 61.4 Å². The number of methoxy groups -OCH3 is 1. The van der Waals surface area contributed by atoms with E-state index in [9.17, 15) is 9.59 Å². The Morgan fingerprint density at radius 1 is 1.16 bits per heavy atom. The van der Waals surface area contributed by atoms with E-state index in [0.717, 1.165) is 21.9 Å². The van der Waals surface area contributed by atoms with Crippen molar-refractivity contribution in [2.24, 2.45) is 0 Å². The molecule has 3 aromatic rings. The van der Waals surface area contributed by atoms with Gasteiger partial charge < -0.3 is 15.0 Å². The maximum Gasteiger partial charge on any atom is 0.261 e. The molecule has 1 aliphatic heterocycles. The average molecular weight is 434 g/mol. The van der Waals surface area contributed by atoms with Crippen molar-refractivity contribution in [3.8, 4) is 5.75 Å². The zero-order valence-electron chi connectivity index (χ0n) is 17.4. The normalized spacial score (nSPS) is 12.6. The second-order valence-corrected chi connectivity index (χ2v) is 8.12. The third-order valence-electron chi connectivity index (χ3n) is 5.10. The smallest absolute Gasteiger partial charge is 0.261 e. The fourth-order valence-corrected chi connectivity index (χ4v) is 4.53. The first-order valence-corrected chi connectivity index (χ1v) is 10.9. The molecule has 2 heterocycles. The average Bonchev–Trinajstić information content (AvgIpc) is 2.91. The molecular weight excluding hydrogens is 410 g/mol. The van der Waals surface area contributed by atoms with Crippen LogP contribution in [0.4, 0.5) is 11.4 Å². The second-order valence-electron chi connectivity index (χ2n) is 7.09. The summed E-state index contributed by atoms with van der Waals surface area (Å²) in [5.41, 5.74) is 3.20. The first kappa shape index (κ1) is 20.9. The van der Waals surface area contributed by atoms with Gasteiger partial charge in [0.25, 0.3) is 5.91 Å². The Hall–Kier alpha value is -3.32. The molecule has 0 saturated heterocycles. The molecule has 0 saturated carbocycles. The highest BCUT2D eigenvalue weighted by molar-refractivity contribution is 7.99. The van der Waals surface area contributed by atoms with Gasteiger partial charge in [-0.15, -0.1) is 0 Å². The molecule has 0 aliphatic carbocycles. The van der Waals surface area contributed by atoms with Crippen LogP contribution in [0.15, 0.2) is 70.7 Å². The van der Waals surface area contributed by atoms with Gasteiger partial charge in [-0.2, -0.15) is 0 Å². The van der Waals surface area contributed by atoms with Crippen LogP contribution >= 0.6 is 11.8 Å². The van der Waals surface area contributed by atoms with E-state index in [0.29, 0.717) is 35.7 Å². The molecule has 31 heavy (non-hydrogen) atoms. The molecule has 6 nitrogen and oxygen atoms in total. The number of anilines is 2. The number of ether oxygens (including phenoxy) is 1. The van der Waals surface area contributed by atoms with Crippen LogP contribution in [0, 0.1) is 0 Å². The van der Waals surface area contributed by atoms with E-state index in [1.807, 2.05) is 49.4 Å². The minimum Gasteiger partial charge on any atom is -0.497 e. The van der Waals surface area contributed by atoms with Crippen molar-refractivity contribution < 1.29 is 14.3 Å². The Morgan fingerprint density at radius 2 is 1.97 bits per heavy atom. The van der Waals surface area contributed by atoms with Crippen LogP contribution in [-0.4, -0.2) is 30.5 Å². The van der Waals surface area contributed by atoms with Crippen molar-refractivity contribution in [1.82, 2.24) is 4.98 Å². The highest BCUT2D eigenvalue weighted by atomic mass is 32.2. The van der Waals surface area contributed by atoms with Crippen LogP contribution in [0.2, 0.25) is 0 Å². The predicted molar refractivity (Wildman–Crippen MR) is 122 cm³/mol. The lowest BCUT2D eigenvalue weighted by Crippen LogP contribution is -2.30. The molecule has 2 amide bonds. The number of benzene rings is 2. The molecule has 1 N–H and O–H groups in total. The van der Waals surface area contributed by atoms with E-state index < -0.39 is 0 Å². The zero-order chi connectivity index (χ0) is 21.8. The van der Waals surface area contributed by atoms with Crippen LogP contribution in [0.25, 0.3) is 0 Å². The maximum absolute atomic E-state index is 12.9. The van der Waals surface area contributed by atoms with Crippen molar-refractivity contribution in [2.75, 3.05) is 23.9 Å². The first-order chi connectivity index (χ1) is 15.1. The summed E-state index contributed by atoms with van der Waals surface area (Å²) in [6, 6.07) is 16.9. The molecule has 7 heteroatoms. The highest BCUT2D eigenvalue weighted by Gasteiger charge is 2.27. The molecule has 1 aromatic heterocycles. The lowest BCUT2D eigenvalue weighted by atomic mass is 10.1. The van der Waals surface area contributed by atoms with E-state index in [-0.39, 0.29) is 11.8 Å². The molecule has 0 unspecified atom stereocenters. The minimum absolute atomic E-state index is 0.0589.